The summed E-state index contributed by atoms with van der Waals surface area (Å²) in [6.45, 7) is 0.730. The first-order chi connectivity index (χ1) is 12.8. The van der Waals surface area contributed by atoms with Crippen LogP contribution in [0.3, 0.4) is 0 Å². The predicted molar refractivity (Wildman–Crippen MR) is 101 cm³/mol. The van der Waals surface area contributed by atoms with Crippen LogP contribution in [0.4, 0.5) is 5.69 Å². The van der Waals surface area contributed by atoms with Crippen molar-refractivity contribution < 1.29 is 14.3 Å². The largest absolute Gasteiger partial charge is 0.490 e. The highest BCUT2D eigenvalue weighted by atomic mass is 16.5. The summed E-state index contributed by atoms with van der Waals surface area (Å²) >= 11 is 0. The normalized spacial score (nSPS) is 10.0. The Labute approximate surface area is 152 Å². The lowest BCUT2D eigenvalue weighted by atomic mass is 10.2. The van der Waals surface area contributed by atoms with Crippen molar-refractivity contribution in [3.63, 3.8) is 0 Å². The summed E-state index contributed by atoms with van der Waals surface area (Å²) in [6, 6.07) is 26.0. The first-order valence-electron chi connectivity index (χ1n) is 8.34. The average molecular weight is 348 g/mol. The number of benzene rings is 3. The maximum absolute atomic E-state index is 12.4. The van der Waals surface area contributed by atoms with Crippen LogP contribution in [0.25, 0.3) is 0 Å². The van der Waals surface area contributed by atoms with Crippen molar-refractivity contribution in [3.8, 4) is 11.5 Å². The summed E-state index contributed by atoms with van der Waals surface area (Å²) in [5.74, 6) is 1.03. The molecule has 0 saturated carbocycles. The molecule has 1 amide bonds. The molecule has 0 bridgehead atoms. The topological polar surface area (TPSA) is 59.6 Å². The maximum Gasteiger partial charge on any atom is 0.273 e. The number of hydrogen-bond donors (Lipinski definition) is 2. The van der Waals surface area contributed by atoms with E-state index in [2.05, 4.69) is 10.9 Å². The number of amides is 1. The summed E-state index contributed by atoms with van der Waals surface area (Å²) in [5.41, 5.74) is 6.81. The van der Waals surface area contributed by atoms with Gasteiger partial charge in [-0.25, -0.2) is 0 Å². The second kappa shape index (κ2) is 9.13. The maximum atomic E-state index is 12.4. The number of hydrogen-bond acceptors (Lipinski definition) is 4. The van der Waals surface area contributed by atoms with Crippen molar-refractivity contribution in [1.82, 2.24) is 5.43 Å². The number of hydrazine groups is 1. The molecule has 0 saturated heterocycles. The average Bonchev–Trinajstić information content (AvgIpc) is 2.71. The second-order valence-electron chi connectivity index (χ2n) is 5.45. The van der Waals surface area contributed by atoms with Crippen LogP contribution in [-0.2, 0) is 0 Å². The smallest absolute Gasteiger partial charge is 0.273 e. The highest BCUT2D eigenvalue weighted by Gasteiger charge is 2.11. The Hall–Kier alpha value is -3.47. The fourth-order valence-corrected chi connectivity index (χ4v) is 2.33. The molecule has 132 valence electrons. The fourth-order valence-electron chi connectivity index (χ4n) is 2.33. The third-order valence-corrected chi connectivity index (χ3v) is 3.58. The van der Waals surface area contributed by atoms with Crippen LogP contribution in [0.5, 0.6) is 11.5 Å². The molecular formula is C21H20N2O3. The van der Waals surface area contributed by atoms with Crippen molar-refractivity contribution in [2.75, 3.05) is 18.6 Å². The first-order valence-corrected chi connectivity index (χ1v) is 8.34. The zero-order valence-electron chi connectivity index (χ0n) is 14.2. The third-order valence-electron chi connectivity index (χ3n) is 3.58. The fraction of sp³-hybridized carbons (Fsp3) is 0.0952. The van der Waals surface area contributed by atoms with Crippen LogP contribution in [-0.4, -0.2) is 19.1 Å². The minimum absolute atomic E-state index is 0.270. The van der Waals surface area contributed by atoms with E-state index >= 15 is 0 Å². The molecule has 2 N–H and O–H groups in total. The standard InChI is InChI=1S/C21H20N2O3/c24-21(23-22-17-9-3-1-4-10-17)19-13-7-8-14-20(19)26-16-15-25-18-11-5-2-6-12-18/h1-14,22H,15-16H2,(H,23,24). The lowest BCUT2D eigenvalue weighted by molar-refractivity contribution is 0.0957. The van der Waals surface area contributed by atoms with Gasteiger partial charge in [0, 0.05) is 0 Å². The Bertz CT molecular complexity index is 823. The molecule has 0 aromatic heterocycles. The van der Waals surface area contributed by atoms with Gasteiger partial charge in [0.05, 0.1) is 11.3 Å². The minimum atomic E-state index is -0.270. The van der Waals surface area contributed by atoms with Gasteiger partial charge in [-0.05, 0) is 36.4 Å². The Morgan fingerprint density at radius 2 is 1.35 bits per heavy atom. The van der Waals surface area contributed by atoms with Crippen molar-refractivity contribution in [1.29, 1.82) is 0 Å². The molecule has 26 heavy (non-hydrogen) atoms. The van der Waals surface area contributed by atoms with Gasteiger partial charge in [0.15, 0.2) is 0 Å². The van der Waals surface area contributed by atoms with Gasteiger partial charge in [-0.1, -0.05) is 48.5 Å². The third kappa shape index (κ3) is 5.01. The number of rotatable bonds is 8. The van der Waals surface area contributed by atoms with Gasteiger partial charge >= 0.3 is 0 Å². The molecule has 3 aromatic rings. The van der Waals surface area contributed by atoms with Gasteiger partial charge in [0.1, 0.15) is 24.7 Å². The summed E-state index contributed by atoms with van der Waals surface area (Å²) < 4.78 is 11.3. The lowest BCUT2D eigenvalue weighted by Gasteiger charge is -2.13. The Morgan fingerprint density at radius 3 is 2.12 bits per heavy atom. The summed E-state index contributed by atoms with van der Waals surface area (Å²) in [4.78, 5) is 12.4. The Morgan fingerprint density at radius 1 is 0.731 bits per heavy atom. The van der Waals surface area contributed by atoms with E-state index in [4.69, 9.17) is 9.47 Å². The second-order valence-corrected chi connectivity index (χ2v) is 5.45. The molecule has 3 rings (SSSR count). The number of anilines is 1. The van der Waals surface area contributed by atoms with E-state index in [1.165, 1.54) is 0 Å². The van der Waals surface area contributed by atoms with Gasteiger partial charge < -0.3 is 9.47 Å². The van der Waals surface area contributed by atoms with E-state index in [-0.39, 0.29) is 5.91 Å². The number of carbonyl (C=O) groups is 1. The molecule has 0 atom stereocenters. The van der Waals surface area contributed by atoms with Gasteiger partial charge in [-0.3, -0.25) is 15.6 Å². The van der Waals surface area contributed by atoms with Gasteiger partial charge in [0.2, 0.25) is 0 Å². The summed E-state index contributed by atoms with van der Waals surface area (Å²) in [6.07, 6.45) is 0. The van der Waals surface area contributed by atoms with Crippen LogP contribution in [0.15, 0.2) is 84.9 Å². The van der Waals surface area contributed by atoms with Crippen LogP contribution in [0, 0.1) is 0 Å². The number of carbonyl (C=O) groups excluding carboxylic acids is 1. The first kappa shape index (κ1) is 17.4. The minimum Gasteiger partial charge on any atom is -0.490 e. The summed E-state index contributed by atoms with van der Waals surface area (Å²) in [7, 11) is 0. The molecular weight excluding hydrogens is 328 g/mol. The molecule has 0 unspecified atom stereocenters. The molecule has 0 radical (unpaired) electrons. The lowest BCUT2D eigenvalue weighted by Crippen LogP contribution is -2.29. The number of ether oxygens (including phenoxy) is 2. The van der Waals surface area contributed by atoms with Crippen molar-refractivity contribution >= 4 is 11.6 Å². The zero-order valence-corrected chi connectivity index (χ0v) is 14.2. The molecule has 5 heteroatoms. The van der Waals surface area contributed by atoms with Crippen LogP contribution >= 0.6 is 0 Å². The van der Waals surface area contributed by atoms with Crippen LogP contribution in [0.2, 0.25) is 0 Å². The van der Waals surface area contributed by atoms with E-state index in [9.17, 15) is 4.79 Å². The Kier molecular flexibility index (Phi) is 6.09. The summed E-state index contributed by atoms with van der Waals surface area (Å²) in [5, 5.41) is 0. The number of para-hydroxylation sites is 3. The van der Waals surface area contributed by atoms with Gasteiger partial charge in [-0.15, -0.1) is 0 Å². The van der Waals surface area contributed by atoms with E-state index < -0.39 is 0 Å². The van der Waals surface area contributed by atoms with Crippen molar-refractivity contribution in [3.05, 3.63) is 90.5 Å². The monoisotopic (exact) mass is 348 g/mol. The van der Waals surface area contributed by atoms with E-state index in [0.29, 0.717) is 24.5 Å². The van der Waals surface area contributed by atoms with E-state index in [1.807, 2.05) is 66.7 Å². The van der Waals surface area contributed by atoms with Crippen LogP contribution in [0.1, 0.15) is 10.4 Å². The van der Waals surface area contributed by atoms with Crippen LogP contribution < -0.4 is 20.3 Å². The Balaban J connectivity index is 1.52. The molecule has 0 aliphatic heterocycles. The van der Waals surface area contributed by atoms with Crippen molar-refractivity contribution in [2.45, 2.75) is 0 Å². The van der Waals surface area contributed by atoms with E-state index in [0.717, 1.165) is 11.4 Å². The highest BCUT2D eigenvalue weighted by Crippen LogP contribution is 2.18. The quantitative estimate of drug-likeness (QED) is 0.479. The molecule has 0 aliphatic rings. The van der Waals surface area contributed by atoms with E-state index in [1.54, 1.807) is 18.2 Å². The number of nitrogens with one attached hydrogen (secondary N) is 2. The molecule has 5 nitrogen and oxygen atoms in total. The molecule has 3 aromatic carbocycles. The molecule has 0 fully saturated rings. The zero-order chi connectivity index (χ0) is 18.0. The van der Waals surface area contributed by atoms with Gasteiger partial charge in [-0.2, -0.15) is 0 Å². The van der Waals surface area contributed by atoms with Crippen molar-refractivity contribution in [2.24, 2.45) is 0 Å². The molecule has 0 aliphatic carbocycles. The molecule has 0 spiro atoms. The highest BCUT2D eigenvalue weighted by molar-refractivity contribution is 5.97. The SMILES string of the molecule is O=C(NNc1ccccc1)c1ccccc1OCCOc1ccccc1. The van der Waals surface area contributed by atoms with Gasteiger partial charge in [0.25, 0.3) is 5.91 Å². The molecule has 0 heterocycles. The predicted octanol–water partition coefficient (Wildman–Crippen LogP) is 3.90.